The lowest BCUT2D eigenvalue weighted by atomic mass is 9.90. The van der Waals surface area contributed by atoms with Crippen molar-refractivity contribution in [1.29, 1.82) is 0 Å². The molecule has 0 spiro atoms. The van der Waals surface area contributed by atoms with Gasteiger partial charge in [0.25, 0.3) is 0 Å². The van der Waals surface area contributed by atoms with Gasteiger partial charge in [0.15, 0.2) is 0 Å². The maximum absolute atomic E-state index is 11.3. The molecule has 2 aromatic rings. The zero-order valence-corrected chi connectivity index (χ0v) is 11.9. The molecule has 0 aliphatic carbocycles. The van der Waals surface area contributed by atoms with E-state index in [4.69, 9.17) is 0 Å². The topological polar surface area (TPSA) is 66.3 Å². The molecular weight excluding hydrogens is 266 g/mol. The summed E-state index contributed by atoms with van der Waals surface area (Å²) in [5, 5.41) is 9.31. The Morgan fingerprint density at radius 3 is 2.71 bits per heavy atom. The van der Waals surface area contributed by atoms with Crippen molar-refractivity contribution in [3.8, 4) is 11.3 Å². The second-order valence-electron chi connectivity index (χ2n) is 5.67. The molecular formula is C16H17N3O2. The average molecular weight is 283 g/mol. The van der Waals surface area contributed by atoms with Crippen molar-refractivity contribution in [2.75, 3.05) is 18.0 Å². The van der Waals surface area contributed by atoms with Crippen LogP contribution in [0.2, 0.25) is 0 Å². The Kier molecular flexibility index (Phi) is 3.33. The summed E-state index contributed by atoms with van der Waals surface area (Å²) in [6, 6.07) is 9.85. The highest BCUT2D eigenvalue weighted by molar-refractivity contribution is 5.76. The standard InChI is InChI=1S/C16H17N3O2/c1-16(15(20)21)7-8-19(11-16)14-10-17-9-13(18-14)12-5-3-2-4-6-12/h2-6,9-10H,7-8,11H2,1H3,(H,20,21). The summed E-state index contributed by atoms with van der Waals surface area (Å²) in [5.41, 5.74) is 1.11. The molecule has 0 bridgehead atoms. The van der Waals surface area contributed by atoms with Gasteiger partial charge in [-0.2, -0.15) is 0 Å². The highest BCUT2D eigenvalue weighted by atomic mass is 16.4. The number of anilines is 1. The smallest absolute Gasteiger partial charge is 0.311 e. The molecule has 1 N–H and O–H groups in total. The molecule has 3 rings (SSSR count). The summed E-state index contributed by atoms with van der Waals surface area (Å²) < 4.78 is 0. The van der Waals surface area contributed by atoms with Crippen molar-refractivity contribution < 1.29 is 9.90 Å². The summed E-state index contributed by atoms with van der Waals surface area (Å²) in [6.45, 7) is 2.94. The van der Waals surface area contributed by atoms with E-state index in [0.29, 0.717) is 19.5 Å². The molecule has 5 nitrogen and oxygen atoms in total. The monoisotopic (exact) mass is 283 g/mol. The minimum absolute atomic E-state index is 0.468. The number of carbonyl (C=O) groups is 1. The molecule has 1 saturated heterocycles. The zero-order chi connectivity index (χ0) is 14.9. The molecule has 0 amide bonds. The fourth-order valence-corrected chi connectivity index (χ4v) is 2.59. The van der Waals surface area contributed by atoms with E-state index in [2.05, 4.69) is 9.97 Å². The molecule has 0 radical (unpaired) electrons. The number of carboxylic acids is 1. The normalized spacial score (nSPS) is 21.5. The number of rotatable bonds is 3. The van der Waals surface area contributed by atoms with E-state index in [0.717, 1.165) is 17.1 Å². The molecule has 2 heterocycles. The van der Waals surface area contributed by atoms with Crippen LogP contribution in [0.4, 0.5) is 5.82 Å². The lowest BCUT2D eigenvalue weighted by molar-refractivity contribution is -0.146. The second-order valence-corrected chi connectivity index (χ2v) is 5.67. The largest absolute Gasteiger partial charge is 0.481 e. The number of aromatic nitrogens is 2. The Balaban J connectivity index is 1.87. The third-order valence-corrected chi connectivity index (χ3v) is 4.01. The van der Waals surface area contributed by atoms with E-state index < -0.39 is 11.4 Å². The Bertz CT molecular complexity index is 660. The molecule has 1 aromatic heterocycles. The zero-order valence-electron chi connectivity index (χ0n) is 11.9. The number of hydrogen-bond donors (Lipinski definition) is 1. The van der Waals surface area contributed by atoms with E-state index in [-0.39, 0.29) is 0 Å². The van der Waals surface area contributed by atoms with Crippen LogP contribution in [0.1, 0.15) is 13.3 Å². The first kappa shape index (κ1) is 13.5. The molecule has 1 atom stereocenters. The first-order valence-electron chi connectivity index (χ1n) is 6.94. The van der Waals surface area contributed by atoms with Crippen molar-refractivity contribution in [3.05, 3.63) is 42.7 Å². The van der Waals surface area contributed by atoms with Gasteiger partial charge < -0.3 is 10.0 Å². The average Bonchev–Trinajstić information content (AvgIpc) is 2.92. The van der Waals surface area contributed by atoms with Gasteiger partial charge in [-0.25, -0.2) is 4.98 Å². The molecule has 1 unspecified atom stereocenters. The summed E-state index contributed by atoms with van der Waals surface area (Å²) >= 11 is 0. The number of hydrogen-bond acceptors (Lipinski definition) is 4. The number of benzene rings is 1. The van der Waals surface area contributed by atoms with Crippen LogP contribution in [-0.4, -0.2) is 34.1 Å². The van der Waals surface area contributed by atoms with Gasteiger partial charge in [0.2, 0.25) is 0 Å². The minimum atomic E-state index is -0.753. The van der Waals surface area contributed by atoms with Crippen LogP contribution >= 0.6 is 0 Å². The summed E-state index contributed by atoms with van der Waals surface area (Å²) in [6.07, 6.45) is 4.05. The second kappa shape index (κ2) is 5.16. The minimum Gasteiger partial charge on any atom is -0.481 e. The highest BCUT2D eigenvalue weighted by Gasteiger charge is 2.41. The molecule has 108 valence electrons. The van der Waals surface area contributed by atoms with Gasteiger partial charge in [-0.05, 0) is 13.3 Å². The van der Waals surface area contributed by atoms with E-state index in [9.17, 15) is 9.90 Å². The van der Waals surface area contributed by atoms with Crippen LogP contribution in [0.15, 0.2) is 42.7 Å². The van der Waals surface area contributed by atoms with Gasteiger partial charge in [-0.1, -0.05) is 30.3 Å². The Morgan fingerprint density at radius 2 is 2.05 bits per heavy atom. The predicted molar refractivity (Wildman–Crippen MR) is 80.0 cm³/mol. The summed E-state index contributed by atoms with van der Waals surface area (Å²) in [4.78, 5) is 22.2. The third kappa shape index (κ3) is 2.59. The Hall–Kier alpha value is -2.43. The molecule has 1 aromatic carbocycles. The molecule has 21 heavy (non-hydrogen) atoms. The third-order valence-electron chi connectivity index (χ3n) is 4.01. The molecule has 1 aliphatic heterocycles. The maximum atomic E-state index is 11.3. The van der Waals surface area contributed by atoms with Gasteiger partial charge >= 0.3 is 5.97 Å². The Labute approximate surface area is 123 Å². The predicted octanol–water partition coefficient (Wildman–Crippen LogP) is 2.44. The SMILES string of the molecule is CC1(C(=O)O)CCN(c2cncc(-c3ccccc3)n2)C1. The van der Waals surface area contributed by atoms with Crippen molar-refractivity contribution in [1.82, 2.24) is 9.97 Å². The fourth-order valence-electron chi connectivity index (χ4n) is 2.59. The van der Waals surface area contributed by atoms with Crippen molar-refractivity contribution in [2.45, 2.75) is 13.3 Å². The Morgan fingerprint density at radius 1 is 1.29 bits per heavy atom. The van der Waals surface area contributed by atoms with E-state index in [1.54, 1.807) is 19.3 Å². The number of carboxylic acid groups (broad SMARTS) is 1. The number of nitrogens with zero attached hydrogens (tertiary/aromatic N) is 3. The van der Waals surface area contributed by atoms with Gasteiger partial charge in [0.05, 0.1) is 23.5 Å². The van der Waals surface area contributed by atoms with Gasteiger partial charge in [0, 0.05) is 18.7 Å². The van der Waals surface area contributed by atoms with E-state index in [1.165, 1.54) is 0 Å². The van der Waals surface area contributed by atoms with E-state index >= 15 is 0 Å². The lowest BCUT2D eigenvalue weighted by Crippen LogP contribution is -2.32. The van der Waals surface area contributed by atoms with Crippen LogP contribution in [0.5, 0.6) is 0 Å². The molecule has 1 aliphatic rings. The molecule has 0 saturated carbocycles. The van der Waals surface area contributed by atoms with Crippen LogP contribution in [0.3, 0.4) is 0 Å². The van der Waals surface area contributed by atoms with Crippen molar-refractivity contribution in [2.24, 2.45) is 5.41 Å². The first-order valence-corrected chi connectivity index (χ1v) is 6.94. The van der Waals surface area contributed by atoms with E-state index in [1.807, 2.05) is 35.2 Å². The highest BCUT2D eigenvalue weighted by Crippen LogP contribution is 2.33. The van der Waals surface area contributed by atoms with Crippen LogP contribution in [-0.2, 0) is 4.79 Å². The van der Waals surface area contributed by atoms with Gasteiger partial charge in [-0.3, -0.25) is 9.78 Å². The molecule has 5 heteroatoms. The van der Waals surface area contributed by atoms with Crippen molar-refractivity contribution >= 4 is 11.8 Å². The quantitative estimate of drug-likeness (QED) is 0.937. The molecule has 1 fully saturated rings. The first-order chi connectivity index (χ1) is 10.1. The van der Waals surface area contributed by atoms with Gasteiger partial charge in [0.1, 0.15) is 5.82 Å². The summed E-state index contributed by atoms with van der Waals surface area (Å²) in [5.74, 6) is -0.0153. The van der Waals surface area contributed by atoms with Crippen LogP contribution in [0.25, 0.3) is 11.3 Å². The van der Waals surface area contributed by atoms with Crippen LogP contribution in [0, 0.1) is 5.41 Å². The maximum Gasteiger partial charge on any atom is 0.311 e. The van der Waals surface area contributed by atoms with Gasteiger partial charge in [-0.15, -0.1) is 0 Å². The lowest BCUT2D eigenvalue weighted by Gasteiger charge is -2.21. The number of aliphatic carboxylic acids is 1. The van der Waals surface area contributed by atoms with Crippen LogP contribution < -0.4 is 4.90 Å². The summed E-state index contributed by atoms with van der Waals surface area (Å²) in [7, 11) is 0. The van der Waals surface area contributed by atoms with Crippen molar-refractivity contribution in [3.63, 3.8) is 0 Å². The fraction of sp³-hybridized carbons (Fsp3) is 0.312.